The number of halogens is 3. The zero-order chi connectivity index (χ0) is 15.2. The van der Waals surface area contributed by atoms with Gasteiger partial charge in [-0.3, -0.25) is 4.79 Å². The fourth-order valence-electron chi connectivity index (χ4n) is 2.39. The van der Waals surface area contributed by atoms with Crippen LogP contribution in [0.3, 0.4) is 0 Å². The Morgan fingerprint density at radius 1 is 1.32 bits per heavy atom. The number of rotatable bonds is 5. The second kappa shape index (κ2) is 9.02. The summed E-state index contributed by atoms with van der Waals surface area (Å²) in [5.41, 5.74) is 5.32. The van der Waals surface area contributed by atoms with Crippen LogP contribution in [0.15, 0.2) is 18.2 Å². The van der Waals surface area contributed by atoms with Gasteiger partial charge in [0, 0.05) is 25.8 Å². The molecule has 124 valence electrons. The predicted octanol–water partition coefficient (Wildman–Crippen LogP) is 2.36. The number of carbonyl (C=O) groups is 1. The van der Waals surface area contributed by atoms with Crippen LogP contribution >= 0.6 is 12.4 Å². The first-order valence-corrected chi connectivity index (χ1v) is 7.18. The van der Waals surface area contributed by atoms with Gasteiger partial charge in [-0.1, -0.05) is 0 Å². The van der Waals surface area contributed by atoms with Crippen LogP contribution in [0.25, 0.3) is 0 Å². The molecule has 1 aromatic rings. The number of ether oxygens (including phenoxy) is 1. The van der Waals surface area contributed by atoms with Crippen molar-refractivity contribution in [2.45, 2.75) is 25.4 Å². The molecule has 0 bridgehead atoms. The summed E-state index contributed by atoms with van der Waals surface area (Å²) < 4.78 is 32.1. The van der Waals surface area contributed by atoms with E-state index in [1.165, 1.54) is 6.07 Å². The van der Waals surface area contributed by atoms with Gasteiger partial charge >= 0.3 is 0 Å². The van der Waals surface area contributed by atoms with E-state index in [0.717, 1.165) is 31.4 Å². The van der Waals surface area contributed by atoms with Gasteiger partial charge < -0.3 is 15.4 Å². The lowest BCUT2D eigenvalue weighted by Crippen LogP contribution is -2.41. The molecule has 0 aromatic heterocycles. The van der Waals surface area contributed by atoms with Crippen molar-refractivity contribution in [3.05, 3.63) is 35.4 Å². The van der Waals surface area contributed by atoms with E-state index < -0.39 is 17.5 Å². The Morgan fingerprint density at radius 2 is 2.00 bits per heavy atom. The molecule has 0 unspecified atom stereocenters. The third-order valence-corrected chi connectivity index (χ3v) is 3.59. The molecule has 0 saturated carbocycles. The fourth-order valence-corrected chi connectivity index (χ4v) is 2.39. The van der Waals surface area contributed by atoms with E-state index in [2.05, 4.69) is 0 Å². The van der Waals surface area contributed by atoms with Crippen LogP contribution in [0.4, 0.5) is 8.78 Å². The summed E-state index contributed by atoms with van der Waals surface area (Å²) in [6.07, 6.45) is 2.39. The number of likely N-dealkylation sites (tertiary alicyclic amines) is 1. The molecule has 4 nitrogen and oxygen atoms in total. The number of nitrogens with two attached hydrogens (primary N) is 1. The van der Waals surface area contributed by atoms with Gasteiger partial charge in [-0.15, -0.1) is 12.4 Å². The van der Waals surface area contributed by atoms with E-state index in [1.807, 2.05) is 0 Å². The molecule has 22 heavy (non-hydrogen) atoms. The van der Waals surface area contributed by atoms with Crippen LogP contribution in [0.2, 0.25) is 0 Å². The van der Waals surface area contributed by atoms with Gasteiger partial charge in [0.2, 0.25) is 0 Å². The highest BCUT2D eigenvalue weighted by atomic mass is 35.5. The zero-order valence-corrected chi connectivity index (χ0v) is 13.1. The summed E-state index contributed by atoms with van der Waals surface area (Å²) in [4.78, 5) is 13.8. The maximum absolute atomic E-state index is 13.6. The van der Waals surface area contributed by atoms with Crippen LogP contribution in [-0.4, -0.2) is 43.2 Å². The third kappa shape index (κ3) is 4.90. The van der Waals surface area contributed by atoms with Crippen LogP contribution in [0, 0.1) is 11.6 Å². The van der Waals surface area contributed by atoms with Crippen molar-refractivity contribution in [2.75, 3.05) is 26.2 Å². The van der Waals surface area contributed by atoms with Crippen molar-refractivity contribution in [3.63, 3.8) is 0 Å². The minimum atomic E-state index is -0.818. The molecule has 0 radical (unpaired) electrons. The second-order valence-electron chi connectivity index (χ2n) is 5.13. The minimum absolute atomic E-state index is 0. The summed E-state index contributed by atoms with van der Waals surface area (Å²) in [5.74, 6) is -1.90. The van der Waals surface area contributed by atoms with Gasteiger partial charge in [-0.05, 0) is 37.9 Å². The maximum atomic E-state index is 13.6. The first kappa shape index (κ1) is 18.8. The highest BCUT2D eigenvalue weighted by Gasteiger charge is 2.25. The van der Waals surface area contributed by atoms with Crippen LogP contribution in [0.5, 0.6) is 0 Å². The molecule has 2 rings (SSSR count). The van der Waals surface area contributed by atoms with Crippen molar-refractivity contribution in [3.8, 4) is 0 Å². The Morgan fingerprint density at radius 3 is 2.59 bits per heavy atom. The average molecular weight is 335 g/mol. The normalized spacial score (nSPS) is 15.5. The van der Waals surface area contributed by atoms with Crippen LogP contribution < -0.4 is 5.73 Å². The van der Waals surface area contributed by atoms with Crippen molar-refractivity contribution in [2.24, 2.45) is 5.73 Å². The Balaban J connectivity index is 0.00000242. The summed E-state index contributed by atoms with van der Waals surface area (Å²) >= 11 is 0. The SMILES string of the molecule is Cl.NCCCOC1CCN(C(=O)c2ccc(F)cc2F)CC1. The van der Waals surface area contributed by atoms with Gasteiger partial charge in [0.15, 0.2) is 0 Å². The Kier molecular flexibility index (Phi) is 7.72. The number of carbonyl (C=O) groups excluding carboxylic acids is 1. The molecule has 7 heteroatoms. The van der Waals surface area contributed by atoms with E-state index in [-0.39, 0.29) is 24.1 Å². The molecular weight excluding hydrogens is 314 g/mol. The van der Waals surface area contributed by atoms with Crippen molar-refractivity contribution in [1.29, 1.82) is 0 Å². The zero-order valence-electron chi connectivity index (χ0n) is 12.3. The van der Waals surface area contributed by atoms with E-state index in [9.17, 15) is 13.6 Å². The van der Waals surface area contributed by atoms with E-state index in [4.69, 9.17) is 10.5 Å². The lowest BCUT2D eigenvalue weighted by Gasteiger charge is -2.32. The molecule has 1 amide bonds. The lowest BCUT2D eigenvalue weighted by molar-refractivity contribution is 0.00833. The maximum Gasteiger partial charge on any atom is 0.256 e. The minimum Gasteiger partial charge on any atom is -0.378 e. The Labute approximate surface area is 135 Å². The van der Waals surface area contributed by atoms with Crippen molar-refractivity contribution in [1.82, 2.24) is 4.90 Å². The molecule has 2 N–H and O–H groups in total. The van der Waals surface area contributed by atoms with Gasteiger partial charge in [0.1, 0.15) is 11.6 Å². The average Bonchev–Trinajstić information content (AvgIpc) is 2.48. The molecular formula is C15H21ClF2N2O2. The standard InChI is InChI=1S/C15H20F2N2O2.ClH/c16-11-2-3-13(14(17)10-11)15(20)19-7-4-12(5-8-19)21-9-1-6-18;/h2-3,10,12H,1,4-9,18H2;1H. The molecule has 1 aromatic carbocycles. The molecule has 0 spiro atoms. The number of piperidine rings is 1. The van der Waals surface area contributed by atoms with E-state index in [0.29, 0.717) is 26.2 Å². The van der Waals surface area contributed by atoms with E-state index in [1.54, 1.807) is 4.90 Å². The topological polar surface area (TPSA) is 55.6 Å². The number of nitrogens with zero attached hydrogens (tertiary/aromatic N) is 1. The lowest BCUT2D eigenvalue weighted by atomic mass is 10.1. The summed E-state index contributed by atoms with van der Waals surface area (Å²) in [5, 5.41) is 0. The van der Waals surface area contributed by atoms with Gasteiger partial charge in [0.05, 0.1) is 11.7 Å². The quantitative estimate of drug-likeness (QED) is 0.841. The summed E-state index contributed by atoms with van der Waals surface area (Å²) in [6, 6.07) is 3.02. The van der Waals surface area contributed by atoms with Gasteiger partial charge in [-0.2, -0.15) is 0 Å². The summed E-state index contributed by atoms with van der Waals surface area (Å²) in [6.45, 7) is 2.26. The molecule has 1 aliphatic rings. The Bertz CT molecular complexity index is 494. The van der Waals surface area contributed by atoms with E-state index >= 15 is 0 Å². The molecule has 0 atom stereocenters. The van der Waals surface area contributed by atoms with Gasteiger partial charge in [-0.25, -0.2) is 8.78 Å². The smallest absolute Gasteiger partial charge is 0.256 e. The molecule has 1 saturated heterocycles. The third-order valence-electron chi connectivity index (χ3n) is 3.59. The summed E-state index contributed by atoms with van der Waals surface area (Å²) in [7, 11) is 0. The molecule has 1 fully saturated rings. The largest absolute Gasteiger partial charge is 0.378 e. The number of amides is 1. The highest BCUT2D eigenvalue weighted by Crippen LogP contribution is 2.18. The van der Waals surface area contributed by atoms with Crippen molar-refractivity contribution >= 4 is 18.3 Å². The molecule has 1 heterocycles. The highest BCUT2D eigenvalue weighted by molar-refractivity contribution is 5.94. The van der Waals surface area contributed by atoms with Crippen LogP contribution in [-0.2, 0) is 4.74 Å². The number of hydrogen-bond acceptors (Lipinski definition) is 3. The first-order chi connectivity index (χ1) is 10.1. The Hall–Kier alpha value is -1.24. The monoisotopic (exact) mass is 334 g/mol. The molecule has 1 aliphatic heterocycles. The predicted molar refractivity (Wildman–Crippen MR) is 82.2 cm³/mol. The second-order valence-corrected chi connectivity index (χ2v) is 5.13. The fraction of sp³-hybridized carbons (Fsp3) is 0.533. The molecule has 0 aliphatic carbocycles. The number of benzene rings is 1. The number of hydrogen-bond donors (Lipinski definition) is 1. The van der Waals surface area contributed by atoms with Crippen LogP contribution in [0.1, 0.15) is 29.6 Å². The first-order valence-electron chi connectivity index (χ1n) is 7.18. The van der Waals surface area contributed by atoms with Gasteiger partial charge in [0.25, 0.3) is 5.91 Å². The van der Waals surface area contributed by atoms with Crippen molar-refractivity contribution < 1.29 is 18.3 Å².